The molecular weight excluding hydrogens is 510 g/mol. The van der Waals surface area contributed by atoms with Crippen LogP contribution in [0.4, 0.5) is 0 Å². The fourth-order valence-electron chi connectivity index (χ4n) is 4.52. The first-order chi connectivity index (χ1) is 17.0. The van der Waals surface area contributed by atoms with E-state index in [2.05, 4.69) is 15.9 Å². The number of ether oxygens (including phenoxy) is 2. The monoisotopic (exact) mass is 533 g/mol. The molecule has 0 saturated heterocycles. The molecular formula is C28H24BrNO5. The van der Waals surface area contributed by atoms with Crippen molar-refractivity contribution in [3.8, 4) is 11.5 Å². The molecule has 3 aromatic carbocycles. The normalized spacial score (nSPS) is 14.9. The number of nitrogens with zero attached hydrogens (tertiary/aromatic N) is 1. The van der Waals surface area contributed by atoms with Gasteiger partial charge in [0.05, 0.1) is 30.7 Å². The predicted molar refractivity (Wildman–Crippen MR) is 137 cm³/mol. The van der Waals surface area contributed by atoms with Gasteiger partial charge in [-0.2, -0.15) is 0 Å². The van der Waals surface area contributed by atoms with Crippen molar-refractivity contribution < 1.29 is 18.7 Å². The van der Waals surface area contributed by atoms with E-state index in [1.165, 1.54) is 0 Å². The van der Waals surface area contributed by atoms with Gasteiger partial charge in [0.25, 0.3) is 5.91 Å². The van der Waals surface area contributed by atoms with Crippen LogP contribution in [0.3, 0.4) is 0 Å². The van der Waals surface area contributed by atoms with Crippen LogP contribution >= 0.6 is 15.9 Å². The molecule has 1 unspecified atom stereocenters. The molecule has 0 fully saturated rings. The smallest absolute Gasteiger partial charge is 0.290 e. The molecule has 0 bridgehead atoms. The maximum atomic E-state index is 13.7. The van der Waals surface area contributed by atoms with Crippen LogP contribution in [0.15, 0.2) is 80.4 Å². The first-order valence-corrected chi connectivity index (χ1v) is 12.2. The van der Waals surface area contributed by atoms with E-state index in [1.807, 2.05) is 55.5 Å². The number of carbonyl (C=O) groups excluding carboxylic acids is 1. The second kappa shape index (κ2) is 9.58. The van der Waals surface area contributed by atoms with Crippen molar-refractivity contribution in [1.82, 2.24) is 4.90 Å². The van der Waals surface area contributed by atoms with Crippen LogP contribution in [0.2, 0.25) is 0 Å². The second-order valence-corrected chi connectivity index (χ2v) is 9.23. The third kappa shape index (κ3) is 4.32. The minimum atomic E-state index is -0.550. The highest BCUT2D eigenvalue weighted by atomic mass is 79.9. The number of methoxy groups -OCH3 is 1. The Labute approximate surface area is 211 Å². The molecule has 1 amide bonds. The van der Waals surface area contributed by atoms with E-state index < -0.39 is 6.04 Å². The molecule has 6 nitrogen and oxygen atoms in total. The Morgan fingerprint density at radius 1 is 0.971 bits per heavy atom. The summed E-state index contributed by atoms with van der Waals surface area (Å²) in [6, 6.07) is 20.0. The zero-order chi connectivity index (χ0) is 24.5. The van der Waals surface area contributed by atoms with Crippen LogP contribution in [0, 0.1) is 0 Å². The molecule has 0 spiro atoms. The molecule has 4 aromatic rings. The van der Waals surface area contributed by atoms with Gasteiger partial charge in [-0.15, -0.1) is 0 Å². The standard InChI is InChI=1S/C28H24BrNO5/c1-3-34-21-11-6-18(7-12-21)25-24-26(31)22-16-19(29)8-13-23(22)35-27(24)28(32)30(25)15-14-17-4-9-20(33-2)10-5-17/h4-13,16,25H,3,14-15H2,1-2H3. The van der Waals surface area contributed by atoms with Gasteiger partial charge in [-0.25, -0.2) is 0 Å². The first kappa shape index (κ1) is 23.2. The highest BCUT2D eigenvalue weighted by Crippen LogP contribution is 2.39. The lowest BCUT2D eigenvalue weighted by Crippen LogP contribution is -2.31. The predicted octanol–water partition coefficient (Wildman–Crippen LogP) is 5.75. The van der Waals surface area contributed by atoms with Gasteiger partial charge in [-0.3, -0.25) is 9.59 Å². The van der Waals surface area contributed by atoms with Crippen molar-refractivity contribution >= 4 is 32.8 Å². The summed E-state index contributed by atoms with van der Waals surface area (Å²) in [5, 5.41) is 0.443. The summed E-state index contributed by atoms with van der Waals surface area (Å²) in [7, 11) is 1.63. The van der Waals surface area contributed by atoms with Crippen molar-refractivity contribution in [2.24, 2.45) is 0 Å². The topological polar surface area (TPSA) is 69.0 Å². The quantitative estimate of drug-likeness (QED) is 0.302. The summed E-state index contributed by atoms with van der Waals surface area (Å²) in [4.78, 5) is 29.0. The summed E-state index contributed by atoms with van der Waals surface area (Å²) in [5.74, 6) is 1.34. The zero-order valence-corrected chi connectivity index (χ0v) is 21.0. The van der Waals surface area contributed by atoms with E-state index in [1.54, 1.807) is 30.2 Å². The summed E-state index contributed by atoms with van der Waals surface area (Å²) < 4.78 is 17.6. The van der Waals surface area contributed by atoms with Gasteiger partial charge in [0.2, 0.25) is 5.76 Å². The lowest BCUT2D eigenvalue weighted by molar-refractivity contribution is 0.0730. The van der Waals surface area contributed by atoms with E-state index in [0.29, 0.717) is 36.1 Å². The summed E-state index contributed by atoms with van der Waals surface area (Å²) >= 11 is 3.43. The zero-order valence-electron chi connectivity index (χ0n) is 19.4. The largest absolute Gasteiger partial charge is 0.497 e. The van der Waals surface area contributed by atoms with Crippen LogP contribution < -0.4 is 14.9 Å². The number of carbonyl (C=O) groups is 1. The molecule has 2 heterocycles. The Hall–Kier alpha value is -3.58. The second-order valence-electron chi connectivity index (χ2n) is 8.32. The average molecular weight is 534 g/mol. The molecule has 5 rings (SSSR count). The lowest BCUT2D eigenvalue weighted by Gasteiger charge is -2.25. The molecule has 178 valence electrons. The van der Waals surface area contributed by atoms with Crippen molar-refractivity contribution in [3.63, 3.8) is 0 Å². The molecule has 0 aliphatic carbocycles. The Morgan fingerprint density at radius 3 is 2.37 bits per heavy atom. The maximum absolute atomic E-state index is 13.7. The van der Waals surface area contributed by atoms with Gasteiger partial charge < -0.3 is 18.8 Å². The van der Waals surface area contributed by atoms with Gasteiger partial charge in [0.15, 0.2) is 5.43 Å². The summed E-state index contributed by atoms with van der Waals surface area (Å²) in [6.07, 6.45) is 0.622. The van der Waals surface area contributed by atoms with E-state index in [9.17, 15) is 9.59 Å². The van der Waals surface area contributed by atoms with Gasteiger partial charge in [0, 0.05) is 11.0 Å². The number of benzene rings is 3. The van der Waals surface area contributed by atoms with Crippen LogP contribution in [0.1, 0.15) is 40.2 Å². The third-order valence-electron chi connectivity index (χ3n) is 6.23. The number of amides is 1. The van der Waals surface area contributed by atoms with Crippen LogP contribution in [0.5, 0.6) is 11.5 Å². The van der Waals surface area contributed by atoms with E-state index in [4.69, 9.17) is 13.9 Å². The molecule has 1 aliphatic rings. The molecule has 35 heavy (non-hydrogen) atoms. The number of hydrogen-bond acceptors (Lipinski definition) is 5. The number of rotatable bonds is 7. The van der Waals surface area contributed by atoms with Gasteiger partial charge in [0.1, 0.15) is 17.1 Å². The number of halogens is 1. The molecule has 1 aliphatic heterocycles. The third-order valence-corrected chi connectivity index (χ3v) is 6.73. The van der Waals surface area contributed by atoms with E-state index >= 15 is 0 Å². The van der Waals surface area contributed by atoms with Gasteiger partial charge in [-0.05, 0) is 66.9 Å². The van der Waals surface area contributed by atoms with E-state index in [0.717, 1.165) is 27.1 Å². The van der Waals surface area contributed by atoms with Crippen LogP contribution in [-0.4, -0.2) is 31.1 Å². The fraction of sp³-hybridized carbons (Fsp3) is 0.214. The molecule has 7 heteroatoms. The Kier molecular flexibility index (Phi) is 6.34. The molecule has 1 atom stereocenters. The van der Waals surface area contributed by atoms with Gasteiger partial charge >= 0.3 is 0 Å². The van der Waals surface area contributed by atoms with Crippen molar-refractivity contribution in [3.05, 3.63) is 104 Å². The maximum Gasteiger partial charge on any atom is 0.290 e. The Morgan fingerprint density at radius 2 is 1.69 bits per heavy atom. The van der Waals surface area contributed by atoms with Crippen LogP contribution in [0.25, 0.3) is 11.0 Å². The minimum Gasteiger partial charge on any atom is -0.497 e. The Balaban J connectivity index is 1.58. The molecule has 0 radical (unpaired) electrons. The fourth-order valence-corrected chi connectivity index (χ4v) is 4.89. The molecule has 1 aromatic heterocycles. The number of fused-ring (bicyclic) bond motifs is 2. The van der Waals surface area contributed by atoms with Crippen molar-refractivity contribution in [1.29, 1.82) is 0 Å². The van der Waals surface area contributed by atoms with Crippen molar-refractivity contribution in [2.75, 3.05) is 20.3 Å². The molecule has 0 N–H and O–H groups in total. The molecule has 0 saturated carbocycles. The minimum absolute atomic E-state index is 0.110. The highest BCUT2D eigenvalue weighted by Gasteiger charge is 2.42. The first-order valence-electron chi connectivity index (χ1n) is 11.4. The Bertz CT molecular complexity index is 1440. The SMILES string of the molecule is CCOc1ccc(C2c3c(oc4ccc(Br)cc4c3=O)C(=O)N2CCc2ccc(OC)cc2)cc1. The summed E-state index contributed by atoms with van der Waals surface area (Å²) in [6.45, 7) is 2.91. The average Bonchev–Trinajstić information content (AvgIpc) is 3.16. The highest BCUT2D eigenvalue weighted by molar-refractivity contribution is 9.10. The lowest BCUT2D eigenvalue weighted by atomic mass is 9.98. The summed E-state index contributed by atoms with van der Waals surface area (Å²) in [5.41, 5.74) is 2.47. The number of hydrogen-bond donors (Lipinski definition) is 0. The van der Waals surface area contributed by atoms with Gasteiger partial charge in [-0.1, -0.05) is 40.2 Å². The van der Waals surface area contributed by atoms with Crippen molar-refractivity contribution in [2.45, 2.75) is 19.4 Å². The van der Waals surface area contributed by atoms with Crippen LogP contribution in [-0.2, 0) is 6.42 Å². The van der Waals surface area contributed by atoms with E-state index in [-0.39, 0.29) is 17.1 Å².